The molecule has 0 bridgehead atoms. The summed E-state index contributed by atoms with van der Waals surface area (Å²) in [4.78, 5) is 53.2. The van der Waals surface area contributed by atoms with E-state index in [2.05, 4.69) is 74.3 Å². The van der Waals surface area contributed by atoms with Crippen LogP contribution < -0.4 is 16.4 Å². The first-order valence-corrected chi connectivity index (χ1v) is 24.0. The summed E-state index contributed by atoms with van der Waals surface area (Å²) in [5.41, 5.74) is 5.88. The van der Waals surface area contributed by atoms with Gasteiger partial charge < -0.3 is 24.8 Å². The van der Waals surface area contributed by atoms with Gasteiger partial charge in [-0.3, -0.25) is 19.3 Å². The SMILES string of the molecule is CC1CN(Cc2cccc(C3CC3)c2)CC1c1nn2c(C3CCOCC3)ncc2c(=O)[nH]1.CC1CNCC1c1nn2c(C3CCOCC3)ncc2c(=O)[nH]1.O=Cc1cccc(C2CC2)c1. The molecule has 65 heavy (non-hydrogen) atoms. The van der Waals surface area contributed by atoms with Gasteiger partial charge in [0.1, 0.15) is 29.6 Å². The second-order valence-corrected chi connectivity index (χ2v) is 19.4. The number of aromatic nitrogens is 8. The van der Waals surface area contributed by atoms with Crippen molar-refractivity contribution in [3.63, 3.8) is 0 Å². The molecule has 12 rings (SSSR count). The molecule has 6 fully saturated rings. The molecule has 4 aliphatic heterocycles. The molecule has 8 heterocycles. The second-order valence-electron chi connectivity index (χ2n) is 19.4. The van der Waals surface area contributed by atoms with Crippen molar-refractivity contribution >= 4 is 17.3 Å². The van der Waals surface area contributed by atoms with Crippen LogP contribution in [0, 0.1) is 11.8 Å². The number of imidazole rings is 2. The number of rotatable bonds is 9. The Hall–Kier alpha value is -5.35. The van der Waals surface area contributed by atoms with E-state index in [0.717, 1.165) is 132 Å². The maximum atomic E-state index is 12.8. The number of nitrogens with one attached hydrogen (secondary N) is 3. The van der Waals surface area contributed by atoms with E-state index in [1.165, 1.54) is 42.4 Å². The zero-order valence-electron chi connectivity index (χ0n) is 37.7. The van der Waals surface area contributed by atoms with Crippen LogP contribution in [-0.2, 0) is 16.0 Å². The fourth-order valence-electron chi connectivity index (χ4n) is 10.3. The van der Waals surface area contributed by atoms with Crippen LogP contribution in [-0.4, -0.2) is 103 Å². The number of carbonyl (C=O) groups excluding carboxylic acids is 1. The third kappa shape index (κ3) is 9.79. The molecule has 6 aliphatic rings. The van der Waals surface area contributed by atoms with Crippen molar-refractivity contribution in [3.05, 3.63) is 127 Å². The first kappa shape index (κ1) is 43.5. The van der Waals surface area contributed by atoms with E-state index in [0.29, 0.717) is 34.7 Å². The van der Waals surface area contributed by atoms with Crippen LogP contribution >= 0.6 is 0 Å². The molecule has 2 saturated carbocycles. The van der Waals surface area contributed by atoms with Crippen molar-refractivity contribution in [3.8, 4) is 0 Å². The molecular weight excluding hydrogens is 821 g/mol. The van der Waals surface area contributed by atoms with Crippen LogP contribution in [0.2, 0.25) is 0 Å². The van der Waals surface area contributed by atoms with Crippen molar-refractivity contribution in [1.29, 1.82) is 0 Å². The number of hydrogen-bond acceptors (Lipinski definition) is 11. The number of fused-ring (bicyclic) bond motifs is 2. The van der Waals surface area contributed by atoms with Crippen LogP contribution in [0.15, 0.2) is 70.5 Å². The third-order valence-electron chi connectivity index (χ3n) is 14.5. The zero-order valence-corrected chi connectivity index (χ0v) is 37.7. The van der Waals surface area contributed by atoms with Crippen LogP contribution in [0.1, 0.15) is 151 Å². The molecule has 0 spiro atoms. The Morgan fingerprint density at radius 3 is 1.74 bits per heavy atom. The average Bonchev–Trinajstić information content (AvgIpc) is 4.20. The molecule has 15 heteroatoms. The Morgan fingerprint density at radius 2 is 1.20 bits per heavy atom. The van der Waals surface area contributed by atoms with Gasteiger partial charge in [-0.25, -0.2) is 19.0 Å². The molecule has 4 aromatic heterocycles. The number of ether oxygens (including phenoxy) is 2. The van der Waals surface area contributed by atoms with E-state index in [-0.39, 0.29) is 23.0 Å². The Balaban J connectivity index is 0.000000129. The lowest BCUT2D eigenvalue weighted by Gasteiger charge is -2.21. The standard InChI is InChI=1S/C25H31N5O2.C15H21N5O2.C10H10O/c1-16-13-29(14-17-3-2-4-20(11-17)18-5-6-18)15-21(16)23-27-25(31)22-12-26-24(30(22)28-23)19-7-9-32-10-8-19;1-9-6-16-7-11(9)13-18-15(21)12-8-17-14(20(12)19-13)10-2-4-22-5-3-10;11-7-8-2-1-3-10(6-8)9-4-5-9/h2-4,11-12,16,18-19,21H,5-10,13-15H2,1H3,(H,27,28,31);8-11,16H,2-7H2,1H3,(H,18,19,21);1-3,6-7,9H,4-5H2. The van der Waals surface area contributed by atoms with Crippen LogP contribution in [0.4, 0.5) is 0 Å². The zero-order chi connectivity index (χ0) is 44.4. The van der Waals surface area contributed by atoms with Gasteiger partial charge >= 0.3 is 0 Å². The van der Waals surface area contributed by atoms with Crippen molar-refractivity contribution in [2.75, 3.05) is 52.6 Å². The van der Waals surface area contributed by atoms with Crippen molar-refractivity contribution in [1.82, 2.24) is 49.4 Å². The highest BCUT2D eigenvalue weighted by Crippen LogP contribution is 2.41. The molecule has 4 atom stereocenters. The van der Waals surface area contributed by atoms with E-state index >= 15 is 0 Å². The Bertz CT molecular complexity index is 2720. The lowest BCUT2D eigenvalue weighted by molar-refractivity contribution is 0.0831. The minimum absolute atomic E-state index is 0.0939. The van der Waals surface area contributed by atoms with Gasteiger partial charge in [-0.2, -0.15) is 10.2 Å². The normalized spacial score (nSPS) is 24.2. The lowest BCUT2D eigenvalue weighted by Crippen LogP contribution is -2.24. The summed E-state index contributed by atoms with van der Waals surface area (Å²) in [6, 6.07) is 17.0. The van der Waals surface area contributed by atoms with Gasteiger partial charge in [0.25, 0.3) is 11.1 Å². The number of nitrogens with zero attached hydrogens (tertiary/aromatic N) is 7. The number of aldehydes is 1. The molecule has 0 amide bonds. The predicted molar refractivity (Wildman–Crippen MR) is 247 cm³/mol. The van der Waals surface area contributed by atoms with Crippen LogP contribution in [0.3, 0.4) is 0 Å². The van der Waals surface area contributed by atoms with E-state index in [9.17, 15) is 14.4 Å². The Labute approximate surface area is 378 Å². The largest absolute Gasteiger partial charge is 0.381 e. The summed E-state index contributed by atoms with van der Waals surface area (Å²) in [5.74, 6) is 6.84. The van der Waals surface area contributed by atoms with E-state index in [4.69, 9.17) is 19.7 Å². The van der Waals surface area contributed by atoms with E-state index in [1.54, 1.807) is 21.4 Å². The molecular formula is C50H62N10O5. The summed E-state index contributed by atoms with van der Waals surface area (Å²) in [5, 5.41) is 13.0. The smallest absolute Gasteiger partial charge is 0.276 e. The maximum Gasteiger partial charge on any atom is 0.276 e. The molecule has 342 valence electrons. The van der Waals surface area contributed by atoms with Gasteiger partial charge in [-0.1, -0.05) is 56.3 Å². The number of likely N-dealkylation sites (tertiary alicyclic amines) is 1. The van der Waals surface area contributed by atoms with Crippen LogP contribution in [0.5, 0.6) is 0 Å². The van der Waals surface area contributed by atoms with Crippen molar-refractivity contribution < 1.29 is 14.3 Å². The van der Waals surface area contributed by atoms with Gasteiger partial charge in [0.15, 0.2) is 11.0 Å². The Kier molecular flexibility index (Phi) is 12.9. The maximum absolute atomic E-state index is 12.8. The minimum atomic E-state index is -0.102. The van der Waals surface area contributed by atoms with Crippen molar-refractivity contribution in [2.45, 2.75) is 107 Å². The summed E-state index contributed by atoms with van der Waals surface area (Å²) in [6.07, 6.45) is 13.2. The van der Waals surface area contributed by atoms with E-state index in [1.807, 2.05) is 18.2 Å². The highest BCUT2D eigenvalue weighted by molar-refractivity contribution is 5.75. The van der Waals surface area contributed by atoms with Crippen LogP contribution in [0.25, 0.3) is 11.0 Å². The van der Waals surface area contributed by atoms with Crippen molar-refractivity contribution in [2.24, 2.45) is 11.8 Å². The number of aromatic amines is 2. The molecule has 0 radical (unpaired) electrons. The topological polar surface area (TPSA) is 177 Å². The van der Waals surface area contributed by atoms with Gasteiger partial charge in [-0.05, 0) is 104 Å². The first-order valence-electron chi connectivity index (χ1n) is 24.0. The quantitative estimate of drug-likeness (QED) is 0.136. The average molecular weight is 883 g/mol. The molecule has 2 aromatic carbocycles. The molecule has 2 aliphatic carbocycles. The molecule has 4 unspecified atom stereocenters. The summed E-state index contributed by atoms with van der Waals surface area (Å²) in [7, 11) is 0. The number of hydrogen-bond donors (Lipinski definition) is 3. The predicted octanol–water partition coefficient (Wildman–Crippen LogP) is 6.44. The monoisotopic (exact) mass is 882 g/mol. The number of carbonyl (C=O) groups is 1. The summed E-state index contributed by atoms with van der Waals surface area (Å²) in [6.45, 7) is 12.1. The molecule has 15 nitrogen and oxygen atoms in total. The second kappa shape index (κ2) is 19.2. The third-order valence-corrected chi connectivity index (χ3v) is 14.5. The van der Waals surface area contributed by atoms with Gasteiger partial charge in [0.05, 0.1) is 12.4 Å². The van der Waals surface area contributed by atoms with Gasteiger partial charge in [0.2, 0.25) is 0 Å². The Morgan fingerprint density at radius 1 is 0.646 bits per heavy atom. The lowest BCUT2D eigenvalue weighted by atomic mass is 9.97. The number of benzene rings is 2. The first-order chi connectivity index (χ1) is 31.8. The highest BCUT2D eigenvalue weighted by atomic mass is 16.5. The highest BCUT2D eigenvalue weighted by Gasteiger charge is 2.34. The minimum Gasteiger partial charge on any atom is -0.381 e. The fraction of sp³-hybridized carbons (Fsp3) is 0.540. The summed E-state index contributed by atoms with van der Waals surface area (Å²) < 4.78 is 14.5. The molecule has 6 aromatic rings. The van der Waals surface area contributed by atoms with Gasteiger partial charge in [-0.15, -0.1) is 0 Å². The molecule has 3 N–H and O–H groups in total. The van der Waals surface area contributed by atoms with E-state index < -0.39 is 0 Å². The summed E-state index contributed by atoms with van der Waals surface area (Å²) >= 11 is 0. The fourth-order valence-corrected chi connectivity index (χ4v) is 10.3. The number of H-pyrrole nitrogens is 2. The molecule has 4 saturated heterocycles. The van der Waals surface area contributed by atoms with Gasteiger partial charge in [0, 0.05) is 81.8 Å².